The van der Waals surface area contributed by atoms with Crippen LogP contribution in [0.1, 0.15) is 11.1 Å². The molecule has 68 valence electrons. The van der Waals surface area contributed by atoms with Gasteiger partial charge in [0.05, 0.1) is 16.1 Å². The molecule has 0 atom stereocenters. The maximum atomic E-state index is 12.3. The predicted octanol–water partition coefficient (Wildman–Crippen LogP) is 3.34. The Morgan fingerprint density at radius 1 is 1.31 bits per heavy atom. The fourth-order valence-corrected chi connectivity index (χ4v) is 1.14. The molecule has 0 aromatic heterocycles. The minimum absolute atomic E-state index is 0.0580. The van der Waals surface area contributed by atoms with Gasteiger partial charge in [-0.1, -0.05) is 23.6 Å². The molecule has 0 saturated carbocycles. The van der Waals surface area contributed by atoms with Gasteiger partial charge in [-0.05, 0) is 12.1 Å². The van der Waals surface area contributed by atoms with E-state index in [-0.39, 0.29) is 10.6 Å². The SMILES string of the molecule is C#Cc1c(Cl)cccc1C(F)(F)F. The molecule has 0 amide bonds. The van der Waals surface area contributed by atoms with Crippen LogP contribution in [0.25, 0.3) is 0 Å². The number of terminal acetylenes is 1. The van der Waals surface area contributed by atoms with Crippen molar-refractivity contribution in [2.24, 2.45) is 0 Å². The van der Waals surface area contributed by atoms with Gasteiger partial charge in [0.25, 0.3) is 0 Å². The second-order valence-corrected chi connectivity index (χ2v) is 2.71. The van der Waals surface area contributed by atoms with E-state index in [0.29, 0.717) is 0 Å². The Morgan fingerprint density at radius 2 is 1.92 bits per heavy atom. The molecule has 0 fully saturated rings. The highest BCUT2D eigenvalue weighted by Gasteiger charge is 2.33. The molecule has 0 nitrogen and oxygen atoms in total. The molecule has 0 saturated heterocycles. The Morgan fingerprint density at radius 3 is 2.31 bits per heavy atom. The van der Waals surface area contributed by atoms with Crippen molar-refractivity contribution in [2.75, 3.05) is 0 Å². The third kappa shape index (κ3) is 1.96. The van der Waals surface area contributed by atoms with E-state index in [4.69, 9.17) is 18.0 Å². The van der Waals surface area contributed by atoms with E-state index >= 15 is 0 Å². The van der Waals surface area contributed by atoms with Gasteiger partial charge in [0.15, 0.2) is 0 Å². The first-order valence-corrected chi connectivity index (χ1v) is 3.67. The van der Waals surface area contributed by atoms with Crippen molar-refractivity contribution in [1.29, 1.82) is 0 Å². The van der Waals surface area contributed by atoms with E-state index in [2.05, 4.69) is 0 Å². The zero-order valence-corrected chi connectivity index (χ0v) is 7.08. The van der Waals surface area contributed by atoms with Crippen LogP contribution in [-0.4, -0.2) is 0 Å². The minimum atomic E-state index is -4.45. The van der Waals surface area contributed by atoms with Crippen LogP contribution in [0, 0.1) is 12.3 Å². The lowest BCUT2D eigenvalue weighted by atomic mass is 10.1. The smallest absolute Gasteiger partial charge is 0.166 e. The predicted molar refractivity (Wildman–Crippen MR) is 44.4 cm³/mol. The van der Waals surface area contributed by atoms with Crippen molar-refractivity contribution in [2.45, 2.75) is 6.18 Å². The summed E-state index contributed by atoms with van der Waals surface area (Å²) in [4.78, 5) is 0. The first kappa shape index (κ1) is 9.94. The maximum absolute atomic E-state index is 12.3. The van der Waals surface area contributed by atoms with Gasteiger partial charge in [-0.25, -0.2) is 0 Å². The number of hydrogen-bond acceptors (Lipinski definition) is 0. The summed E-state index contributed by atoms with van der Waals surface area (Å²) in [5.74, 6) is 1.92. The maximum Gasteiger partial charge on any atom is 0.417 e. The molecule has 0 aliphatic heterocycles. The molecular formula is C9H4ClF3. The second kappa shape index (κ2) is 3.31. The van der Waals surface area contributed by atoms with E-state index < -0.39 is 11.7 Å². The summed E-state index contributed by atoms with van der Waals surface area (Å²) in [6.45, 7) is 0. The Balaban J connectivity index is 3.40. The van der Waals surface area contributed by atoms with Crippen molar-refractivity contribution in [3.63, 3.8) is 0 Å². The molecule has 1 aromatic rings. The lowest BCUT2D eigenvalue weighted by Gasteiger charge is -2.09. The first-order chi connectivity index (χ1) is 5.96. The molecule has 1 rings (SSSR count). The summed E-state index contributed by atoms with van der Waals surface area (Å²) >= 11 is 5.49. The molecular weight excluding hydrogens is 201 g/mol. The van der Waals surface area contributed by atoms with Crippen molar-refractivity contribution in [1.82, 2.24) is 0 Å². The number of hydrogen-bond donors (Lipinski definition) is 0. The lowest BCUT2D eigenvalue weighted by Crippen LogP contribution is -2.07. The summed E-state index contributed by atoms with van der Waals surface area (Å²) in [6, 6.07) is 3.44. The Kier molecular flexibility index (Phi) is 2.53. The Labute approximate surface area is 78.3 Å². The summed E-state index contributed by atoms with van der Waals surface area (Å²) in [5.41, 5.74) is -1.18. The van der Waals surface area contributed by atoms with Gasteiger partial charge in [-0.3, -0.25) is 0 Å². The lowest BCUT2D eigenvalue weighted by molar-refractivity contribution is -0.137. The van der Waals surface area contributed by atoms with Gasteiger partial charge in [0, 0.05) is 0 Å². The molecule has 1 aromatic carbocycles. The highest BCUT2D eigenvalue weighted by molar-refractivity contribution is 6.31. The van der Waals surface area contributed by atoms with E-state index in [1.165, 1.54) is 12.1 Å². The summed E-state index contributed by atoms with van der Waals surface area (Å²) < 4.78 is 36.8. The van der Waals surface area contributed by atoms with Crippen LogP contribution in [0.15, 0.2) is 18.2 Å². The number of rotatable bonds is 0. The molecule has 0 spiro atoms. The van der Waals surface area contributed by atoms with Crippen LogP contribution in [0.2, 0.25) is 5.02 Å². The molecule has 0 unspecified atom stereocenters. The zero-order valence-electron chi connectivity index (χ0n) is 6.32. The molecule has 0 aliphatic carbocycles. The van der Waals surface area contributed by atoms with Crippen molar-refractivity contribution < 1.29 is 13.2 Å². The van der Waals surface area contributed by atoms with E-state index in [1.54, 1.807) is 0 Å². The normalized spacial score (nSPS) is 11.0. The monoisotopic (exact) mass is 204 g/mol. The van der Waals surface area contributed by atoms with Crippen molar-refractivity contribution >= 4 is 11.6 Å². The van der Waals surface area contributed by atoms with Gasteiger partial charge in [0.1, 0.15) is 0 Å². The van der Waals surface area contributed by atoms with Crippen LogP contribution in [-0.2, 0) is 6.18 Å². The minimum Gasteiger partial charge on any atom is -0.166 e. The van der Waals surface area contributed by atoms with Crippen molar-refractivity contribution in [3.8, 4) is 12.3 Å². The fraction of sp³-hybridized carbons (Fsp3) is 0.111. The van der Waals surface area contributed by atoms with Crippen LogP contribution >= 0.6 is 11.6 Å². The summed E-state index contributed by atoms with van der Waals surface area (Å²) in [7, 11) is 0. The van der Waals surface area contributed by atoms with Crippen LogP contribution in [0.4, 0.5) is 13.2 Å². The van der Waals surface area contributed by atoms with E-state index in [0.717, 1.165) is 6.07 Å². The topological polar surface area (TPSA) is 0 Å². The highest BCUT2D eigenvalue weighted by Crippen LogP contribution is 2.34. The van der Waals surface area contributed by atoms with Gasteiger partial charge >= 0.3 is 6.18 Å². The van der Waals surface area contributed by atoms with Gasteiger partial charge in [-0.2, -0.15) is 13.2 Å². The quantitative estimate of drug-likeness (QED) is 0.569. The van der Waals surface area contributed by atoms with Crippen LogP contribution in [0.3, 0.4) is 0 Å². The Bertz CT molecular complexity index is 360. The molecule has 0 bridgehead atoms. The molecule has 13 heavy (non-hydrogen) atoms. The van der Waals surface area contributed by atoms with E-state index in [1.807, 2.05) is 5.92 Å². The number of halogens is 4. The van der Waals surface area contributed by atoms with Gasteiger partial charge < -0.3 is 0 Å². The van der Waals surface area contributed by atoms with Gasteiger partial charge in [-0.15, -0.1) is 6.42 Å². The fourth-order valence-electron chi connectivity index (χ4n) is 0.907. The van der Waals surface area contributed by atoms with E-state index in [9.17, 15) is 13.2 Å². The molecule has 0 heterocycles. The first-order valence-electron chi connectivity index (χ1n) is 3.29. The molecule has 0 N–H and O–H groups in total. The average Bonchev–Trinajstić information content (AvgIpc) is 2.02. The van der Waals surface area contributed by atoms with Crippen molar-refractivity contribution in [3.05, 3.63) is 34.3 Å². The van der Waals surface area contributed by atoms with Crippen LogP contribution < -0.4 is 0 Å². The largest absolute Gasteiger partial charge is 0.417 e. The second-order valence-electron chi connectivity index (χ2n) is 2.30. The van der Waals surface area contributed by atoms with Crippen LogP contribution in [0.5, 0.6) is 0 Å². The summed E-state index contributed by atoms with van der Waals surface area (Å²) in [6.07, 6.45) is 0.462. The Hall–Kier alpha value is -1.14. The third-order valence-electron chi connectivity index (χ3n) is 1.46. The summed E-state index contributed by atoms with van der Waals surface area (Å²) in [5, 5.41) is -0.0580. The third-order valence-corrected chi connectivity index (χ3v) is 1.78. The zero-order chi connectivity index (χ0) is 10.1. The number of alkyl halides is 3. The standard InChI is InChI=1S/C9H4ClF3/c1-2-6-7(9(11,12)13)4-3-5-8(6)10/h1,3-5H. The molecule has 4 heteroatoms. The molecule has 0 aliphatic rings. The number of benzene rings is 1. The average molecular weight is 205 g/mol. The highest BCUT2D eigenvalue weighted by atomic mass is 35.5. The molecule has 0 radical (unpaired) electrons. The van der Waals surface area contributed by atoms with Gasteiger partial charge in [0.2, 0.25) is 0 Å².